The van der Waals surface area contributed by atoms with Crippen LogP contribution < -0.4 is 10.6 Å². The maximum Gasteiger partial charge on any atom is 0.176 e. The molecule has 0 saturated carbocycles. The number of piperazine rings is 1. The summed E-state index contributed by atoms with van der Waals surface area (Å²) in [5.41, 5.74) is 8.64. The van der Waals surface area contributed by atoms with E-state index in [1.54, 1.807) is 0 Å². The standard InChI is InChI=1S/C19H23N3O/c20-14-19(23)17-6-8-18(9-7-17)22-12-10-21(11-13-22)15-16-4-2-1-3-5-16/h1-9H,10-15,20H2. The smallest absolute Gasteiger partial charge is 0.176 e. The number of Topliss-reactive ketones (excluding diaryl/α,β-unsaturated/α-hetero) is 1. The van der Waals surface area contributed by atoms with Crippen molar-refractivity contribution in [1.29, 1.82) is 0 Å². The van der Waals surface area contributed by atoms with E-state index in [1.807, 2.05) is 24.3 Å². The lowest BCUT2D eigenvalue weighted by molar-refractivity contribution is 0.100. The molecule has 0 amide bonds. The van der Waals surface area contributed by atoms with E-state index in [0.717, 1.165) is 32.7 Å². The van der Waals surface area contributed by atoms with Gasteiger partial charge in [-0.25, -0.2) is 0 Å². The molecular weight excluding hydrogens is 286 g/mol. The Morgan fingerprint density at radius 1 is 0.913 bits per heavy atom. The molecule has 2 N–H and O–H groups in total. The van der Waals surface area contributed by atoms with Gasteiger partial charge in [-0.2, -0.15) is 0 Å². The molecule has 0 bridgehead atoms. The monoisotopic (exact) mass is 309 g/mol. The molecular formula is C19H23N3O. The summed E-state index contributed by atoms with van der Waals surface area (Å²) in [6, 6.07) is 18.4. The predicted molar refractivity (Wildman–Crippen MR) is 93.8 cm³/mol. The maximum absolute atomic E-state index is 11.6. The highest BCUT2D eigenvalue weighted by Crippen LogP contribution is 2.18. The first-order chi connectivity index (χ1) is 11.3. The molecule has 0 radical (unpaired) electrons. The Bertz CT molecular complexity index is 631. The Balaban J connectivity index is 1.55. The SMILES string of the molecule is NCC(=O)c1ccc(N2CCN(Cc3ccccc3)CC2)cc1. The van der Waals surface area contributed by atoms with Crippen LogP contribution in [0.25, 0.3) is 0 Å². The Labute approximate surface area is 137 Å². The number of carbonyl (C=O) groups excluding carboxylic acids is 1. The van der Waals surface area contributed by atoms with E-state index in [-0.39, 0.29) is 12.3 Å². The highest BCUT2D eigenvalue weighted by molar-refractivity contribution is 5.97. The maximum atomic E-state index is 11.6. The van der Waals surface area contributed by atoms with Crippen molar-refractivity contribution in [3.05, 3.63) is 65.7 Å². The highest BCUT2D eigenvalue weighted by Gasteiger charge is 2.17. The number of hydrogen-bond acceptors (Lipinski definition) is 4. The van der Waals surface area contributed by atoms with Crippen LogP contribution in [0.1, 0.15) is 15.9 Å². The van der Waals surface area contributed by atoms with E-state index >= 15 is 0 Å². The minimum Gasteiger partial charge on any atom is -0.369 e. The lowest BCUT2D eigenvalue weighted by Gasteiger charge is -2.36. The molecule has 1 saturated heterocycles. The first kappa shape index (κ1) is 15.7. The van der Waals surface area contributed by atoms with Crippen LogP contribution in [0.5, 0.6) is 0 Å². The van der Waals surface area contributed by atoms with Crippen LogP contribution in [-0.2, 0) is 6.54 Å². The number of nitrogens with zero attached hydrogens (tertiary/aromatic N) is 2. The minimum absolute atomic E-state index is 0.00997. The van der Waals surface area contributed by atoms with Crippen molar-refractivity contribution in [1.82, 2.24) is 4.90 Å². The highest BCUT2D eigenvalue weighted by atomic mass is 16.1. The van der Waals surface area contributed by atoms with Gasteiger partial charge in [0.2, 0.25) is 0 Å². The van der Waals surface area contributed by atoms with E-state index < -0.39 is 0 Å². The van der Waals surface area contributed by atoms with Gasteiger partial charge in [-0.3, -0.25) is 9.69 Å². The normalized spacial score (nSPS) is 15.6. The first-order valence-electron chi connectivity index (χ1n) is 8.11. The molecule has 3 rings (SSSR count). The molecule has 23 heavy (non-hydrogen) atoms. The Hall–Kier alpha value is -2.17. The molecule has 1 heterocycles. The molecule has 0 aromatic heterocycles. The predicted octanol–water partition coefficient (Wildman–Crippen LogP) is 2.15. The van der Waals surface area contributed by atoms with Crippen LogP contribution in [0.2, 0.25) is 0 Å². The van der Waals surface area contributed by atoms with Gasteiger partial charge in [0.15, 0.2) is 5.78 Å². The fourth-order valence-corrected chi connectivity index (χ4v) is 2.98. The largest absolute Gasteiger partial charge is 0.369 e. The molecule has 1 aliphatic rings. The summed E-state index contributed by atoms with van der Waals surface area (Å²) in [5.74, 6) is -0.00997. The molecule has 4 nitrogen and oxygen atoms in total. The van der Waals surface area contributed by atoms with Crippen LogP contribution in [0.3, 0.4) is 0 Å². The minimum atomic E-state index is -0.00997. The summed E-state index contributed by atoms with van der Waals surface area (Å²) in [6.45, 7) is 5.21. The zero-order valence-corrected chi connectivity index (χ0v) is 13.3. The third kappa shape index (κ3) is 3.97. The molecule has 0 unspecified atom stereocenters. The van der Waals surface area contributed by atoms with Crippen molar-refractivity contribution in [3.8, 4) is 0 Å². The molecule has 2 aromatic rings. The van der Waals surface area contributed by atoms with Gasteiger partial charge in [-0.15, -0.1) is 0 Å². The van der Waals surface area contributed by atoms with Gasteiger partial charge in [0.1, 0.15) is 0 Å². The van der Waals surface area contributed by atoms with Gasteiger partial charge in [0.05, 0.1) is 6.54 Å². The average molecular weight is 309 g/mol. The van der Waals surface area contributed by atoms with Crippen molar-refractivity contribution in [3.63, 3.8) is 0 Å². The molecule has 120 valence electrons. The second-order valence-electron chi connectivity index (χ2n) is 5.92. The summed E-state index contributed by atoms with van der Waals surface area (Å²) in [7, 11) is 0. The molecule has 0 aliphatic carbocycles. The van der Waals surface area contributed by atoms with Crippen molar-refractivity contribution in [2.45, 2.75) is 6.54 Å². The molecule has 1 fully saturated rings. The van der Waals surface area contributed by atoms with Crippen molar-refractivity contribution in [2.75, 3.05) is 37.6 Å². The van der Waals surface area contributed by atoms with Crippen molar-refractivity contribution >= 4 is 11.5 Å². The average Bonchev–Trinajstić information content (AvgIpc) is 2.63. The van der Waals surface area contributed by atoms with Crippen LogP contribution in [0.4, 0.5) is 5.69 Å². The number of benzene rings is 2. The second kappa shape index (κ2) is 7.40. The fraction of sp³-hybridized carbons (Fsp3) is 0.316. The number of carbonyl (C=O) groups is 1. The summed E-state index contributed by atoms with van der Waals surface area (Å²) in [4.78, 5) is 16.4. The molecule has 0 atom stereocenters. The van der Waals surface area contributed by atoms with Crippen LogP contribution in [-0.4, -0.2) is 43.4 Å². The van der Waals surface area contributed by atoms with Gasteiger partial charge in [0.25, 0.3) is 0 Å². The van der Waals surface area contributed by atoms with Crippen LogP contribution >= 0.6 is 0 Å². The third-order valence-corrected chi connectivity index (χ3v) is 4.36. The molecule has 0 spiro atoms. The fourth-order valence-electron chi connectivity index (χ4n) is 2.98. The van der Waals surface area contributed by atoms with Crippen molar-refractivity contribution in [2.24, 2.45) is 5.73 Å². The zero-order valence-electron chi connectivity index (χ0n) is 13.3. The van der Waals surface area contributed by atoms with E-state index in [9.17, 15) is 4.79 Å². The Morgan fingerprint density at radius 3 is 2.17 bits per heavy atom. The van der Waals surface area contributed by atoms with Crippen molar-refractivity contribution < 1.29 is 4.79 Å². The molecule has 2 aromatic carbocycles. The Kier molecular flexibility index (Phi) is 5.05. The molecule has 4 heteroatoms. The lowest BCUT2D eigenvalue weighted by Crippen LogP contribution is -2.45. The number of ketones is 1. The van der Waals surface area contributed by atoms with Gasteiger partial charge in [0, 0.05) is 44.0 Å². The van der Waals surface area contributed by atoms with Gasteiger partial charge < -0.3 is 10.6 Å². The van der Waals surface area contributed by atoms with Gasteiger partial charge >= 0.3 is 0 Å². The van der Waals surface area contributed by atoms with E-state index in [1.165, 1.54) is 11.3 Å². The third-order valence-electron chi connectivity index (χ3n) is 4.36. The Morgan fingerprint density at radius 2 is 1.57 bits per heavy atom. The van der Waals surface area contributed by atoms with Gasteiger partial charge in [-0.05, 0) is 29.8 Å². The lowest BCUT2D eigenvalue weighted by atomic mass is 10.1. The first-order valence-corrected chi connectivity index (χ1v) is 8.11. The topological polar surface area (TPSA) is 49.6 Å². The van der Waals surface area contributed by atoms with Gasteiger partial charge in [-0.1, -0.05) is 30.3 Å². The quantitative estimate of drug-likeness (QED) is 0.860. The summed E-state index contributed by atoms with van der Waals surface area (Å²) < 4.78 is 0. The number of anilines is 1. The van der Waals surface area contributed by atoms with E-state index in [0.29, 0.717) is 5.56 Å². The summed E-state index contributed by atoms with van der Waals surface area (Å²) in [6.07, 6.45) is 0. The summed E-state index contributed by atoms with van der Waals surface area (Å²) >= 11 is 0. The number of nitrogens with two attached hydrogens (primary N) is 1. The van der Waals surface area contributed by atoms with Crippen LogP contribution in [0, 0.1) is 0 Å². The van der Waals surface area contributed by atoms with Crippen LogP contribution in [0.15, 0.2) is 54.6 Å². The van der Waals surface area contributed by atoms with E-state index in [4.69, 9.17) is 5.73 Å². The molecule has 1 aliphatic heterocycles. The second-order valence-corrected chi connectivity index (χ2v) is 5.92. The number of hydrogen-bond donors (Lipinski definition) is 1. The summed E-state index contributed by atoms with van der Waals surface area (Å²) in [5, 5.41) is 0. The zero-order chi connectivity index (χ0) is 16.1. The van der Waals surface area contributed by atoms with E-state index in [2.05, 4.69) is 40.1 Å². The number of rotatable bonds is 5.